The third-order valence-corrected chi connectivity index (χ3v) is 5.64. The lowest BCUT2D eigenvalue weighted by Crippen LogP contribution is -2.42. The van der Waals surface area contributed by atoms with E-state index in [1.165, 1.54) is 7.11 Å². The number of hydrogen-bond acceptors (Lipinski definition) is 5. The van der Waals surface area contributed by atoms with Gasteiger partial charge in [-0.1, -0.05) is 24.3 Å². The fourth-order valence-electron chi connectivity index (χ4n) is 4.27. The van der Waals surface area contributed by atoms with E-state index in [2.05, 4.69) is 11.1 Å². The van der Waals surface area contributed by atoms with Crippen molar-refractivity contribution in [3.63, 3.8) is 0 Å². The zero-order valence-corrected chi connectivity index (χ0v) is 15.8. The lowest BCUT2D eigenvalue weighted by Gasteiger charge is -2.23. The van der Waals surface area contributed by atoms with Gasteiger partial charge in [0.05, 0.1) is 24.9 Å². The lowest BCUT2D eigenvalue weighted by molar-refractivity contribution is -0.122. The van der Waals surface area contributed by atoms with Gasteiger partial charge in [0.25, 0.3) is 0 Å². The number of ether oxygens (including phenoxy) is 2. The molecule has 1 aromatic heterocycles. The molecule has 0 aliphatic carbocycles. The number of nitrogens with zero attached hydrogens (tertiary/aromatic N) is 3. The quantitative estimate of drug-likeness (QED) is 0.694. The van der Waals surface area contributed by atoms with Crippen molar-refractivity contribution >= 4 is 11.6 Å². The van der Waals surface area contributed by atoms with Gasteiger partial charge in [-0.3, -0.25) is 9.78 Å². The van der Waals surface area contributed by atoms with Crippen LogP contribution in [0.1, 0.15) is 22.4 Å². The van der Waals surface area contributed by atoms with Crippen molar-refractivity contribution in [1.82, 2.24) is 4.98 Å². The minimum absolute atomic E-state index is 0.0721. The first-order valence-electron chi connectivity index (χ1n) is 9.26. The fourth-order valence-corrected chi connectivity index (χ4v) is 4.27. The molecule has 3 heterocycles. The number of rotatable bonds is 3. The molecule has 1 amide bonds. The maximum Gasteiger partial charge on any atom is 0.246 e. The minimum atomic E-state index is -0.974. The Kier molecular flexibility index (Phi) is 3.78. The molecular formula is C23H17N3O3. The van der Waals surface area contributed by atoms with Crippen molar-refractivity contribution in [2.45, 2.75) is 12.0 Å². The molecule has 5 rings (SSSR count). The van der Waals surface area contributed by atoms with E-state index >= 15 is 0 Å². The van der Waals surface area contributed by atoms with E-state index in [0.29, 0.717) is 29.2 Å². The summed E-state index contributed by atoms with van der Waals surface area (Å²) in [6.45, 7) is 0.559. The van der Waals surface area contributed by atoms with Crippen LogP contribution in [0.2, 0.25) is 0 Å². The predicted molar refractivity (Wildman–Crippen MR) is 106 cm³/mol. The van der Waals surface area contributed by atoms with Crippen LogP contribution in [0.3, 0.4) is 0 Å². The largest absolute Gasteiger partial charge is 0.495 e. The van der Waals surface area contributed by atoms with E-state index in [4.69, 9.17) is 9.47 Å². The number of amides is 1. The number of anilines is 1. The van der Waals surface area contributed by atoms with Crippen molar-refractivity contribution in [2.75, 3.05) is 18.6 Å². The molecule has 2 aliphatic rings. The number of carbonyl (C=O) groups is 1. The van der Waals surface area contributed by atoms with Gasteiger partial charge in [-0.25, -0.2) is 0 Å². The molecule has 1 unspecified atom stereocenters. The molecule has 0 saturated heterocycles. The number of hydrogen-bond donors (Lipinski definition) is 0. The van der Waals surface area contributed by atoms with Gasteiger partial charge in [0.2, 0.25) is 5.91 Å². The highest BCUT2D eigenvalue weighted by atomic mass is 16.5. The van der Waals surface area contributed by atoms with Gasteiger partial charge in [-0.05, 0) is 29.8 Å². The van der Waals surface area contributed by atoms with Crippen molar-refractivity contribution in [2.24, 2.45) is 0 Å². The van der Waals surface area contributed by atoms with E-state index in [1.54, 1.807) is 23.2 Å². The molecule has 0 radical (unpaired) electrons. The average molecular weight is 383 g/mol. The smallest absolute Gasteiger partial charge is 0.246 e. The van der Waals surface area contributed by atoms with Crippen LogP contribution >= 0.6 is 0 Å². The minimum Gasteiger partial charge on any atom is -0.495 e. The van der Waals surface area contributed by atoms with E-state index in [9.17, 15) is 10.1 Å². The number of pyridine rings is 1. The van der Waals surface area contributed by atoms with Crippen molar-refractivity contribution in [3.05, 3.63) is 83.2 Å². The second-order valence-electron chi connectivity index (χ2n) is 7.08. The number of carbonyl (C=O) groups excluding carboxylic acids is 1. The molecule has 142 valence electrons. The summed E-state index contributed by atoms with van der Waals surface area (Å²) in [6, 6.07) is 19.0. The molecule has 6 heteroatoms. The normalized spacial score (nSPS) is 18.9. The Balaban J connectivity index is 1.68. The Hall–Kier alpha value is -3.85. The van der Waals surface area contributed by atoms with Crippen molar-refractivity contribution in [1.29, 1.82) is 5.26 Å². The van der Waals surface area contributed by atoms with Crippen LogP contribution in [0.15, 0.2) is 60.8 Å². The summed E-state index contributed by atoms with van der Waals surface area (Å²) >= 11 is 0. The first-order valence-corrected chi connectivity index (χ1v) is 9.26. The molecule has 1 spiro atoms. The Morgan fingerprint density at radius 1 is 1.21 bits per heavy atom. The van der Waals surface area contributed by atoms with Gasteiger partial charge in [0, 0.05) is 23.5 Å². The van der Waals surface area contributed by atoms with Gasteiger partial charge in [0.1, 0.15) is 29.6 Å². The summed E-state index contributed by atoms with van der Waals surface area (Å²) in [7, 11) is 1.51. The van der Waals surface area contributed by atoms with Crippen LogP contribution < -0.4 is 14.4 Å². The van der Waals surface area contributed by atoms with Crippen LogP contribution in [0, 0.1) is 11.3 Å². The third kappa shape index (κ3) is 2.34. The molecule has 0 bridgehead atoms. The highest BCUT2D eigenvalue weighted by Crippen LogP contribution is 2.53. The maximum absolute atomic E-state index is 13.8. The van der Waals surface area contributed by atoms with Gasteiger partial charge < -0.3 is 14.4 Å². The summed E-state index contributed by atoms with van der Waals surface area (Å²) in [5.41, 5.74) is 2.64. The van der Waals surface area contributed by atoms with Crippen LogP contribution in [-0.4, -0.2) is 24.6 Å². The van der Waals surface area contributed by atoms with Crippen molar-refractivity contribution < 1.29 is 14.3 Å². The number of benzene rings is 2. The highest BCUT2D eigenvalue weighted by Gasteiger charge is 2.57. The van der Waals surface area contributed by atoms with Crippen LogP contribution in [0.4, 0.5) is 5.69 Å². The van der Waals surface area contributed by atoms with Crippen LogP contribution in [0.5, 0.6) is 11.5 Å². The number of nitriles is 1. The van der Waals surface area contributed by atoms with E-state index in [-0.39, 0.29) is 12.5 Å². The van der Waals surface area contributed by atoms with E-state index in [0.717, 1.165) is 16.9 Å². The summed E-state index contributed by atoms with van der Waals surface area (Å²) in [5.74, 6) is 0.938. The van der Waals surface area contributed by atoms with E-state index in [1.807, 2.05) is 42.5 Å². The second-order valence-corrected chi connectivity index (χ2v) is 7.08. The Labute approximate surface area is 167 Å². The molecule has 0 N–H and O–H groups in total. The average Bonchev–Trinajstić information content (AvgIpc) is 3.26. The van der Waals surface area contributed by atoms with Gasteiger partial charge in [-0.15, -0.1) is 0 Å². The molecular weight excluding hydrogens is 366 g/mol. The number of fused-ring (bicyclic) bond motifs is 4. The molecule has 0 saturated carbocycles. The van der Waals surface area contributed by atoms with E-state index < -0.39 is 5.41 Å². The Bertz CT molecular complexity index is 1170. The standard InChI is InChI=1S/C23H17N3O3/c1-28-20-11-21-18(10-15(20)12-24)23(14-29-21)17-7-2-3-8-19(17)26(22(23)27)13-16-6-4-5-9-25-16/h2-11H,13-14H2,1H3. The first kappa shape index (κ1) is 17.3. The summed E-state index contributed by atoms with van der Waals surface area (Å²) in [4.78, 5) is 19.9. The van der Waals surface area contributed by atoms with Gasteiger partial charge in [-0.2, -0.15) is 5.26 Å². The zero-order valence-electron chi connectivity index (χ0n) is 15.8. The van der Waals surface area contributed by atoms with Crippen LogP contribution in [0.25, 0.3) is 0 Å². The van der Waals surface area contributed by atoms with Gasteiger partial charge in [0.15, 0.2) is 0 Å². The van der Waals surface area contributed by atoms with Crippen molar-refractivity contribution in [3.8, 4) is 17.6 Å². The first-order chi connectivity index (χ1) is 14.2. The number of para-hydroxylation sites is 1. The number of methoxy groups -OCH3 is 1. The molecule has 3 aromatic rings. The third-order valence-electron chi connectivity index (χ3n) is 5.64. The molecule has 6 nitrogen and oxygen atoms in total. The monoisotopic (exact) mass is 383 g/mol. The number of aromatic nitrogens is 1. The van der Waals surface area contributed by atoms with Crippen LogP contribution in [-0.2, 0) is 16.8 Å². The summed E-state index contributed by atoms with van der Waals surface area (Å²) in [6.07, 6.45) is 1.72. The molecule has 2 aliphatic heterocycles. The summed E-state index contributed by atoms with van der Waals surface area (Å²) in [5, 5.41) is 9.55. The Morgan fingerprint density at radius 2 is 2.03 bits per heavy atom. The summed E-state index contributed by atoms with van der Waals surface area (Å²) < 4.78 is 11.3. The molecule has 0 fully saturated rings. The molecule has 2 aromatic carbocycles. The maximum atomic E-state index is 13.8. The zero-order chi connectivity index (χ0) is 20.0. The topological polar surface area (TPSA) is 75.5 Å². The Morgan fingerprint density at radius 3 is 2.79 bits per heavy atom. The fraction of sp³-hybridized carbons (Fsp3) is 0.174. The molecule has 29 heavy (non-hydrogen) atoms. The lowest BCUT2D eigenvalue weighted by atomic mass is 9.76. The van der Waals surface area contributed by atoms with Gasteiger partial charge >= 0.3 is 0 Å². The second kappa shape index (κ2) is 6.35. The molecule has 1 atom stereocenters. The SMILES string of the molecule is COc1cc2c(cc1C#N)C1(CO2)C(=O)N(Cc2ccccn2)c2ccccc21. The predicted octanol–water partition coefficient (Wildman–Crippen LogP) is 3.19. The highest BCUT2D eigenvalue weighted by molar-refractivity contribution is 6.11.